The Morgan fingerprint density at radius 3 is 2.29 bits per heavy atom. The van der Waals surface area contributed by atoms with E-state index in [0.717, 1.165) is 26.9 Å². The van der Waals surface area contributed by atoms with E-state index in [1.54, 1.807) is 18.2 Å². The topological polar surface area (TPSA) is 55.1 Å². The molecule has 0 radical (unpaired) electrons. The van der Waals surface area contributed by atoms with Crippen LogP contribution in [0.1, 0.15) is 16.7 Å². The number of hydrogen-bond acceptors (Lipinski definition) is 2. The Balaban J connectivity index is 2.10. The van der Waals surface area contributed by atoms with Crippen LogP contribution in [0.25, 0.3) is 6.08 Å². The maximum absolute atomic E-state index is 12.0. The van der Waals surface area contributed by atoms with Crippen molar-refractivity contribution in [3.8, 4) is 0 Å². The molecule has 0 aliphatic carbocycles. The van der Waals surface area contributed by atoms with Gasteiger partial charge in [0.2, 0.25) is 5.91 Å². The first-order valence-electron chi connectivity index (χ1n) is 6.57. The summed E-state index contributed by atoms with van der Waals surface area (Å²) in [6, 6.07) is 11.3. The first-order valence-corrected chi connectivity index (χ1v) is 7.36. The van der Waals surface area contributed by atoms with Gasteiger partial charge >= 0.3 is 0 Å². The summed E-state index contributed by atoms with van der Waals surface area (Å²) in [5, 5.41) is 2.92. The van der Waals surface area contributed by atoms with Crippen LogP contribution in [-0.2, 0) is 4.79 Å². The molecule has 0 spiro atoms. The summed E-state index contributed by atoms with van der Waals surface area (Å²) in [6.07, 6.45) is 3.28. The average Bonchev–Trinajstić information content (AvgIpc) is 2.42. The molecule has 0 unspecified atom stereocenters. The maximum Gasteiger partial charge on any atom is 0.248 e. The lowest BCUT2D eigenvalue weighted by Crippen LogP contribution is -2.10. The highest BCUT2D eigenvalue weighted by atomic mass is 79.9. The van der Waals surface area contributed by atoms with E-state index in [0.29, 0.717) is 5.69 Å². The zero-order valence-electron chi connectivity index (χ0n) is 12.0. The van der Waals surface area contributed by atoms with Gasteiger partial charge in [0.05, 0.1) is 0 Å². The number of rotatable bonds is 3. The number of nitrogen functional groups attached to an aromatic ring is 1. The summed E-state index contributed by atoms with van der Waals surface area (Å²) in [5.74, 6) is -0.152. The minimum atomic E-state index is -0.152. The van der Waals surface area contributed by atoms with Crippen molar-refractivity contribution in [3.05, 3.63) is 63.6 Å². The molecule has 0 fully saturated rings. The van der Waals surface area contributed by atoms with Gasteiger partial charge in [-0.1, -0.05) is 28.1 Å². The van der Waals surface area contributed by atoms with E-state index >= 15 is 0 Å². The Hall–Kier alpha value is -2.07. The van der Waals surface area contributed by atoms with Crippen molar-refractivity contribution in [2.75, 3.05) is 11.1 Å². The number of carbonyl (C=O) groups is 1. The third kappa shape index (κ3) is 4.20. The van der Waals surface area contributed by atoms with Crippen LogP contribution >= 0.6 is 15.9 Å². The van der Waals surface area contributed by atoms with Gasteiger partial charge in [-0.2, -0.15) is 0 Å². The molecule has 0 heterocycles. The van der Waals surface area contributed by atoms with Gasteiger partial charge in [-0.3, -0.25) is 4.79 Å². The number of amides is 1. The summed E-state index contributed by atoms with van der Waals surface area (Å²) in [5.41, 5.74) is 10.2. The van der Waals surface area contributed by atoms with Crippen LogP contribution < -0.4 is 11.1 Å². The molecule has 0 aliphatic rings. The van der Waals surface area contributed by atoms with Gasteiger partial charge in [-0.05, 0) is 60.9 Å². The molecule has 0 atom stereocenters. The van der Waals surface area contributed by atoms with E-state index in [9.17, 15) is 4.79 Å². The van der Waals surface area contributed by atoms with Gasteiger partial charge in [0.25, 0.3) is 0 Å². The van der Waals surface area contributed by atoms with E-state index < -0.39 is 0 Å². The van der Waals surface area contributed by atoms with E-state index in [4.69, 9.17) is 5.73 Å². The van der Waals surface area contributed by atoms with Crippen molar-refractivity contribution in [2.24, 2.45) is 0 Å². The fraction of sp³-hybridized carbons (Fsp3) is 0.118. The van der Waals surface area contributed by atoms with Crippen molar-refractivity contribution in [1.82, 2.24) is 0 Å². The second-order valence-electron chi connectivity index (χ2n) is 4.90. The van der Waals surface area contributed by atoms with Crippen LogP contribution in [0.4, 0.5) is 11.4 Å². The molecular weight excluding hydrogens is 328 g/mol. The zero-order chi connectivity index (χ0) is 15.4. The predicted octanol–water partition coefficient (Wildman–Crippen LogP) is 4.30. The molecule has 0 aromatic heterocycles. The highest BCUT2D eigenvalue weighted by molar-refractivity contribution is 9.10. The number of anilines is 2. The smallest absolute Gasteiger partial charge is 0.248 e. The van der Waals surface area contributed by atoms with Crippen LogP contribution in [-0.4, -0.2) is 5.91 Å². The fourth-order valence-electron chi connectivity index (χ4n) is 2.05. The van der Waals surface area contributed by atoms with Crippen molar-refractivity contribution < 1.29 is 4.79 Å². The monoisotopic (exact) mass is 344 g/mol. The van der Waals surface area contributed by atoms with Crippen LogP contribution in [0.5, 0.6) is 0 Å². The van der Waals surface area contributed by atoms with Crippen molar-refractivity contribution >= 4 is 39.3 Å². The molecule has 108 valence electrons. The molecule has 2 aromatic carbocycles. The Kier molecular flexibility index (Phi) is 4.81. The van der Waals surface area contributed by atoms with E-state index in [1.165, 1.54) is 6.08 Å². The molecule has 0 aliphatic heterocycles. The lowest BCUT2D eigenvalue weighted by Gasteiger charge is -2.10. The minimum absolute atomic E-state index is 0.152. The Morgan fingerprint density at radius 1 is 1.14 bits per heavy atom. The second kappa shape index (κ2) is 6.59. The average molecular weight is 345 g/mol. The van der Waals surface area contributed by atoms with Gasteiger partial charge in [-0.15, -0.1) is 0 Å². The molecule has 0 saturated heterocycles. The summed E-state index contributed by atoms with van der Waals surface area (Å²) in [4.78, 5) is 12.0. The first-order chi connectivity index (χ1) is 9.95. The first kappa shape index (κ1) is 15.3. The molecule has 3 nitrogen and oxygen atoms in total. The van der Waals surface area contributed by atoms with Gasteiger partial charge in [0, 0.05) is 21.9 Å². The van der Waals surface area contributed by atoms with Gasteiger partial charge in [0.15, 0.2) is 0 Å². The number of benzene rings is 2. The van der Waals surface area contributed by atoms with Crippen LogP contribution in [0.15, 0.2) is 46.9 Å². The number of carbonyl (C=O) groups excluding carboxylic acids is 1. The summed E-state index contributed by atoms with van der Waals surface area (Å²) < 4.78 is 1.01. The van der Waals surface area contributed by atoms with Crippen LogP contribution in [0.2, 0.25) is 0 Å². The summed E-state index contributed by atoms with van der Waals surface area (Å²) in [6.45, 7) is 3.94. The number of nitrogens with one attached hydrogen (secondary N) is 1. The molecule has 0 bridgehead atoms. The molecule has 0 saturated carbocycles. The fourth-order valence-corrected chi connectivity index (χ4v) is 2.74. The standard InChI is InChI=1S/C17H17BrN2O/c1-11-9-14(18)10-12(2)17(11)20-16(21)8-5-13-3-6-15(19)7-4-13/h3-10H,19H2,1-2H3,(H,20,21)/b8-5+. The highest BCUT2D eigenvalue weighted by Crippen LogP contribution is 2.25. The molecule has 2 aromatic rings. The SMILES string of the molecule is Cc1cc(Br)cc(C)c1NC(=O)/C=C/c1ccc(N)cc1. The van der Waals surface area contributed by atoms with E-state index in [2.05, 4.69) is 21.2 Å². The second-order valence-corrected chi connectivity index (χ2v) is 5.82. The Morgan fingerprint density at radius 2 is 1.71 bits per heavy atom. The summed E-state index contributed by atoms with van der Waals surface area (Å²) >= 11 is 3.44. The lowest BCUT2D eigenvalue weighted by molar-refractivity contribution is -0.111. The van der Waals surface area contributed by atoms with E-state index in [-0.39, 0.29) is 5.91 Å². The van der Waals surface area contributed by atoms with Crippen molar-refractivity contribution in [3.63, 3.8) is 0 Å². The zero-order valence-corrected chi connectivity index (χ0v) is 13.6. The molecular formula is C17H17BrN2O. The maximum atomic E-state index is 12.0. The quantitative estimate of drug-likeness (QED) is 0.644. The Labute approximate surface area is 133 Å². The number of nitrogens with two attached hydrogens (primary N) is 1. The molecule has 2 rings (SSSR count). The normalized spacial score (nSPS) is 10.8. The molecule has 3 N–H and O–H groups in total. The number of aryl methyl sites for hydroxylation is 2. The van der Waals surface area contributed by atoms with E-state index in [1.807, 2.05) is 38.1 Å². The van der Waals surface area contributed by atoms with Crippen molar-refractivity contribution in [1.29, 1.82) is 0 Å². The largest absolute Gasteiger partial charge is 0.399 e. The third-order valence-corrected chi connectivity index (χ3v) is 3.57. The highest BCUT2D eigenvalue weighted by Gasteiger charge is 2.06. The molecule has 21 heavy (non-hydrogen) atoms. The van der Waals surface area contributed by atoms with Crippen LogP contribution in [0.3, 0.4) is 0 Å². The van der Waals surface area contributed by atoms with Gasteiger partial charge in [-0.25, -0.2) is 0 Å². The summed E-state index contributed by atoms with van der Waals surface area (Å²) in [7, 11) is 0. The minimum Gasteiger partial charge on any atom is -0.399 e. The predicted molar refractivity (Wildman–Crippen MR) is 92.1 cm³/mol. The lowest BCUT2D eigenvalue weighted by atomic mass is 10.1. The van der Waals surface area contributed by atoms with Gasteiger partial charge < -0.3 is 11.1 Å². The third-order valence-electron chi connectivity index (χ3n) is 3.11. The van der Waals surface area contributed by atoms with Crippen LogP contribution in [0, 0.1) is 13.8 Å². The number of hydrogen-bond donors (Lipinski definition) is 2. The molecule has 1 amide bonds. The Bertz CT molecular complexity index is 667. The van der Waals surface area contributed by atoms with Crippen molar-refractivity contribution in [2.45, 2.75) is 13.8 Å². The number of halogens is 1. The van der Waals surface area contributed by atoms with Gasteiger partial charge in [0.1, 0.15) is 0 Å². The molecule has 4 heteroatoms.